The van der Waals surface area contributed by atoms with E-state index in [2.05, 4.69) is 48.3 Å². The summed E-state index contributed by atoms with van der Waals surface area (Å²) in [6.45, 7) is 6.05. The van der Waals surface area contributed by atoms with Gasteiger partial charge in [-0.1, -0.05) is 36.8 Å². The molecule has 1 aromatic rings. The highest BCUT2D eigenvalue weighted by atomic mass is 16.2. The van der Waals surface area contributed by atoms with Gasteiger partial charge in [0.25, 0.3) is 0 Å². The van der Waals surface area contributed by atoms with Crippen LogP contribution in [0, 0.1) is 12.8 Å². The van der Waals surface area contributed by atoms with Crippen molar-refractivity contribution in [3.63, 3.8) is 0 Å². The summed E-state index contributed by atoms with van der Waals surface area (Å²) in [5, 5.41) is 3.44. The van der Waals surface area contributed by atoms with Gasteiger partial charge >= 0.3 is 0 Å². The van der Waals surface area contributed by atoms with Gasteiger partial charge in [-0.3, -0.25) is 4.79 Å². The molecule has 1 saturated heterocycles. The van der Waals surface area contributed by atoms with E-state index in [9.17, 15) is 4.79 Å². The second-order valence-corrected chi connectivity index (χ2v) is 6.74. The van der Waals surface area contributed by atoms with E-state index in [-0.39, 0.29) is 6.04 Å². The maximum Gasteiger partial charge on any atom is 0.240 e. The Morgan fingerprint density at radius 1 is 1.33 bits per heavy atom. The highest BCUT2D eigenvalue weighted by Crippen LogP contribution is 2.30. The summed E-state index contributed by atoms with van der Waals surface area (Å²) in [5.41, 5.74) is 2.51. The van der Waals surface area contributed by atoms with Crippen LogP contribution in [0.1, 0.15) is 43.7 Å². The Kier molecular flexibility index (Phi) is 4.29. The number of carbonyl (C=O) groups excluding carboxylic acids is 1. The van der Waals surface area contributed by atoms with Crippen LogP contribution in [0.5, 0.6) is 0 Å². The van der Waals surface area contributed by atoms with Crippen LogP contribution in [-0.4, -0.2) is 29.4 Å². The number of rotatable bonds is 4. The van der Waals surface area contributed by atoms with E-state index in [1.807, 2.05) is 0 Å². The van der Waals surface area contributed by atoms with Gasteiger partial charge in [-0.2, -0.15) is 0 Å². The van der Waals surface area contributed by atoms with Gasteiger partial charge in [-0.05, 0) is 50.6 Å². The predicted molar refractivity (Wildman–Crippen MR) is 84.9 cm³/mol. The third-order valence-corrected chi connectivity index (χ3v) is 4.74. The summed E-state index contributed by atoms with van der Waals surface area (Å²) in [6.07, 6.45) is 4.68. The van der Waals surface area contributed by atoms with Gasteiger partial charge in [0, 0.05) is 12.6 Å². The second kappa shape index (κ2) is 6.18. The minimum atomic E-state index is 0.0177. The summed E-state index contributed by atoms with van der Waals surface area (Å²) < 4.78 is 0. The lowest BCUT2D eigenvalue weighted by molar-refractivity contribution is -0.136. The first-order chi connectivity index (χ1) is 10.1. The van der Waals surface area contributed by atoms with Crippen LogP contribution >= 0.6 is 0 Å². The van der Waals surface area contributed by atoms with E-state index in [0.717, 1.165) is 19.5 Å². The van der Waals surface area contributed by atoms with Crippen LogP contribution in [0.15, 0.2) is 24.3 Å². The molecule has 3 rings (SSSR count). The molecule has 2 atom stereocenters. The standard InChI is InChI=1S/C18H26N2O/c1-13-5-3-7-15(11-13)12-20(16-8-9-16)18(21)17-14(2)6-4-10-19-17/h3,5,7,11,14,16-17,19H,4,6,8-10,12H2,1-2H3. The largest absolute Gasteiger partial charge is 0.334 e. The zero-order valence-electron chi connectivity index (χ0n) is 13.1. The molecule has 2 fully saturated rings. The Hall–Kier alpha value is -1.35. The minimum Gasteiger partial charge on any atom is -0.334 e. The molecule has 1 heterocycles. The first kappa shape index (κ1) is 14.6. The number of piperidine rings is 1. The third kappa shape index (κ3) is 3.46. The highest BCUT2D eigenvalue weighted by Gasteiger charge is 2.38. The van der Waals surface area contributed by atoms with Gasteiger partial charge in [0.15, 0.2) is 0 Å². The Balaban J connectivity index is 1.73. The summed E-state index contributed by atoms with van der Waals surface area (Å²) in [6, 6.07) is 9.01. The normalized spacial score (nSPS) is 25.6. The number of benzene rings is 1. The molecule has 1 aliphatic heterocycles. The van der Waals surface area contributed by atoms with E-state index in [1.54, 1.807) is 0 Å². The number of carbonyl (C=O) groups is 1. The van der Waals surface area contributed by atoms with E-state index in [1.165, 1.54) is 30.4 Å². The Morgan fingerprint density at radius 3 is 2.81 bits per heavy atom. The fourth-order valence-corrected chi connectivity index (χ4v) is 3.34. The SMILES string of the molecule is Cc1cccc(CN(C(=O)C2NCCCC2C)C2CC2)c1. The molecular formula is C18H26N2O. The molecule has 3 nitrogen and oxygen atoms in total. The van der Waals surface area contributed by atoms with Crippen molar-refractivity contribution in [1.29, 1.82) is 0 Å². The van der Waals surface area contributed by atoms with Gasteiger partial charge in [0.1, 0.15) is 0 Å². The molecular weight excluding hydrogens is 260 g/mol. The van der Waals surface area contributed by atoms with Gasteiger partial charge in [-0.25, -0.2) is 0 Å². The van der Waals surface area contributed by atoms with Crippen molar-refractivity contribution in [2.45, 2.75) is 58.2 Å². The summed E-state index contributed by atoms with van der Waals surface area (Å²) in [5.74, 6) is 0.760. The van der Waals surface area contributed by atoms with Gasteiger partial charge in [0.2, 0.25) is 5.91 Å². The van der Waals surface area contributed by atoms with Crippen molar-refractivity contribution in [3.8, 4) is 0 Å². The maximum absolute atomic E-state index is 12.9. The van der Waals surface area contributed by atoms with Crippen LogP contribution in [0.2, 0.25) is 0 Å². The molecule has 21 heavy (non-hydrogen) atoms. The van der Waals surface area contributed by atoms with Gasteiger partial charge in [0.05, 0.1) is 6.04 Å². The molecule has 2 unspecified atom stereocenters. The lowest BCUT2D eigenvalue weighted by Crippen LogP contribution is -2.52. The Labute approximate surface area is 127 Å². The molecule has 1 aliphatic carbocycles. The monoisotopic (exact) mass is 286 g/mol. The van der Waals surface area contributed by atoms with Gasteiger partial charge < -0.3 is 10.2 Å². The molecule has 0 aromatic heterocycles. The van der Waals surface area contributed by atoms with Crippen molar-refractivity contribution >= 4 is 5.91 Å². The lowest BCUT2D eigenvalue weighted by atomic mass is 9.91. The van der Waals surface area contributed by atoms with Crippen LogP contribution in [0.4, 0.5) is 0 Å². The second-order valence-electron chi connectivity index (χ2n) is 6.74. The molecule has 1 N–H and O–H groups in total. The highest BCUT2D eigenvalue weighted by molar-refractivity contribution is 5.83. The first-order valence-electron chi connectivity index (χ1n) is 8.24. The molecule has 0 radical (unpaired) electrons. The molecule has 114 valence electrons. The fourth-order valence-electron chi connectivity index (χ4n) is 3.34. The molecule has 3 heteroatoms. The van der Waals surface area contributed by atoms with Crippen LogP contribution in [-0.2, 0) is 11.3 Å². The number of aryl methyl sites for hydroxylation is 1. The van der Waals surface area contributed by atoms with Crippen LogP contribution in [0.3, 0.4) is 0 Å². The van der Waals surface area contributed by atoms with Gasteiger partial charge in [-0.15, -0.1) is 0 Å². The van der Waals surface area contributed by atoms with E-state index in [0.29, 0.717) is 17.9 Å². The average molecular weight is 286 g/mol. The van der Waals surface area contributed by atoms with Crippen molar-refractivity contribution in [3.05, 3.63) is 35.4 Å². The summed E-state index contributed by atoms with van der Waals surface area (Å²) in [4.78, 5) is 15.1. The zero-order valence-corrected chi connectivity index (χ0v) is 13.1. The van der Waals surface area contributed by atoms with Crippen molar-refractivity contribution in [1.82, 2.24) is 10.2 Å². The summed E-state index contributed by atoms with van der Waals surface area (Å²) in [7, 11) is 0. The quantitative estimate of drug-likeness (QED) is 0.923. The molecule has 2 aliphatic rings. The number of amides is 1. The molecule has 1 amide bonds. The van der Waals surface area contributed by atoms with E-state index >= 15 is 0 Å². The molecule has 1 saturated carbocycles. The number of hydrogen-bond donors (Lipinski definition) is 1. The van der Waals surface area contributed by atoms with Crippen LogP contribution < -0.4 is 5.32 Å². The maximum atomic E-state index is 12.9. The average Bonchev–Trinajstić information content (AvgIpc) is 3.29. The third-order valence-electron chi connectivity index (χ3n) is 4.74. The zero-order chi connectivity index (χ0) is 14.8. The lowest BCUT2D eigenvalue weighted by Gasteiger charge is -2.34. The summed E-state index contributed by atoms with van der Waals surface area (Å²) >= 11 is 0. The number of nitrogens with zero attached hydrogens (tertiary/aromatic N) is 1. The molecule has 0 bridgehead atoms. The fraction of sp³-hybridized carbons (Fsp3) is 0.611. The Morgan fingerprint density at radius 2 is 2.14 bits per heavy atom. The van der Waals surface area contributed by atoms with Crippen molar-refractivity contribution in [2.75, 3.05) is 6.54 Å². The molecule has 1 aromatic carbocycles. The minimum absolute atomic E-state index is 0.0177. The number of hydrogen-bond acceptors (Lipinski definition) is 2. The smallest absolute Gasteiger partial charge is 0.240 e. The van der Waals surface area contributed by atoms with Crippen molar-refractivity contribution < 1.29 is 4.79 Å². The van der Waals surface area contributed by atoms with Crippen molar-refractivity contribution in [2.24, 2.45) is 5.92 Å². The molecule has 0 spiro atoms. The number of nitrogens with one attached hydrogen (secondary N) is 1. The Bertz CT molecular complexity index is 510. The first-order valence-corrected chi connectivity index (χ1v) is 8.24. The van der Waals surface area contributed by atoms with Crippen LogP contribution in [0.25, 0.3) is 0 Å². The van der Waals surface area contributed by atoms with E-state index < -0.39 is 0 Å². The predicted octanol–water partition coefficient (Wildman–Crippen LogP) is 2.87. The van der Waals surface area contributed by atoms with E-state index in [4.69, 9.17) is 0 Å². The topological polar surface area (TPSA) is 32.3 Å².